The molecule has 0 heterocycles. The van der Waals surface area contributed by atoms with E-state index in [1.165, 1.54) is 0 Å². The zero-order valence-electron chi connectivity index (χ0n) is 20.5. The fourth-order valence-electron chi connectivity index (χ4n) is 3.63. The summed E-state index contributed by atoms with van der Waals surface area (Å²) in [6.45, 7) is 14.6. The minimum atomic E-state index is -0.668. The number of hydrogen-bond donors (Lipinski definition) is 0. The van der Waals surface area contributed by atoms with Crippen molar-refractivity contribution in [1.82, 2.24) is 0 Å². The van der Waals surface area contributed by atoms with Gasteiger partial charge in [0.2, 0.25) is 0 Å². The molecule has 0 aromatic carbocycles. The summed E-state index contributed by atoms with van der Waals surface area (Å²) >= 11 is 0. The van der Waals surface area contributed by atoms with E-state index < -0.39 is 10.8 Å². The molecule has 0 amide bonds. The minimum absolute atomic E-state index is 0. The SMILES string of the molecule is CC[N+](C)(C)CCOC(=O)[C@H]1CC[C@@](C)(C(=O)OCC[N+](C)(C)CC)C1(C)C.[Br-].[Br-]. The second-order valence-electron chi connectivity index (χ2n) is 10.4. The first-order valence-electron chi connectivity index (χ1n) is 10.7. The van der Waals surface area contributed by atoms with E-state index in [9.17, 15) is 9.59 Å². The van der Waals surface area contributed by atoms with E-state index in [1.807, 2.05) is 20.8 Å². The Labute approximate surface area is 205 Å². The third-order valence-corrected chi connectivity index (χ3v) is 7.54. The Morgan fingerprint density at radius 3 is 1.73 bits per heavy atom. The number of carbonyl (C=O) groups excluding carboxylic acids is 2. The molecule has 1 aliphatic rings. The number of quaternary nitrogens is 2. The third kappa shape index (κ3) is 7.75. The van der Waals surface area contributed by atoms with Crippen molar-refractivity contribution in [3.63, 3.8) is 0 Å². The highest BCUT2D eigenvalue weighted by Gasteiger charge is 2.59. The van der Waals surface area contributed by atoms with Crippen LogP contribution in [0.3, 0.4) is 0 Å². The van der Waals surface area contributed by atoms with Crippen LogP contribution in [0, 0.1) is 16.7 Å². The van der Waals surface area contributed by atoms with Crippen LogP contribution in [0.15, 0.2) is 0 Å². The van der Waals surface area contributed by atoms with Gasteiger partial charge in [-0.3, -0.25) is 9.59 Å². The molecule has 1 aliphatic carbocycles. The predicted octanol–water partition coefficient (Wildman–Crippen LogP) is -3.28. The highest BCUT2D eigenvalue weighted by atomic mass is 79.9. The molecule has 6 nitrogen and oxygen atoms in total. The smallest absolute Gasteiger partial charge is 0.312 e. The molecule has 0 spiro atoms. The van der Waals surface area contributed by atoms with Gasteiger partial charge in [-0.1, -0.05) is 13.8 Å². The van der Waals surface area contributed by atoms with Gasteiger partial charge in [0.15, 0.2) is 0 Å². The molecule has 0 aromatic rings. The summed E-state index contributed by atoms with van der Waals surface area (Å²) in [6.07, 6.45) is 1.32. The second-order valence-corrected chi connectivity index (χ2v) is 10.4. The number of nitrogens with zero attached hydrogens (tertiary/aromatic N) is 2. The van der Waals surface area contributed by atoms with Gasteiger partial charge in [-0.05, 0) is 39.0 Å². The molecule has 2 atom stereocenters. The van der Waals surface area contributed by atoms with Gasteiger partial charge in [-0.25, -0.2) is 0 Å². The quantitative estimate of drug-likeness (QED) is 0.208. The number of hydrogen-bond acceptors (Lipinski definition) is 4. The Kier molecular flexibility index (Phi) is 13.0. The molecule has 0 aliphatic heterocycles. The first-order valence-corrected chi connectivity index (χ1v) is 10.7. The molecule has 0 aromatic heterocycles. The Morgan fingerprint density at radius 1 is 0.867 bits per heavy atom. The summed E-state index contributed by atoms with van der Waals surface area (Å²) in [5.74, 6) is -0.640. The number of rotatable bonds is 10. The van der Waals surface area contributed by atoms with Gasteiger partial charge in [-0.15, -0.1) is 0 Å². The van der Waals surface area contributed by atoms with Gasteiger partial charge in [0.1, 0.15) is 26.3 Å². The van der Waals surface area contributed by atoms with Crippen LogP contribution < -0.4 is 34.0 Å². The standard InChI is InChI=1S/C22H44N2O4.2BrH/c1-10-23(6,7)14-16-27-19(25)18-12-13-22(5,21(18,3)4)20(26)28-17-15-24(8,9)11-2;;/h18H,10-17H2,1-9H3;2*1H/q+2;;/p-2/t18-,22+;;/m1../s1. The molecule has 1 fully saturated rings. The molecule has 0 unspecified atom stereocenters. The van der Waals surface area contributed by atoms with Crippen LogP contribution in [0.2, 0.25) is 0 Å². The topological polar surface area (TPSA) is 52.6 Å². The van der Waals surface area contributed by atoms with Gasteiger partial charge in [0.25, 0.3) is 0 Å². The molecule has 1 rings (SSSR count). The third-order valence-electron chi connectivity index (χ3n) is 7.54. The van der Waals surface area contributed by atoms with E-state index in [0.29, 0.717) is 26.1 Å². The fraction of sp³-hybridized carbons (Fsp3) is 0.909. The van der Waals surface area contributed by atoms with Crippen molar-refractivity contribution in [1.29, 1.82) is 0 Å². The van der Waals surface area contributed by atoms with E-state index in [2.05, 4.69) is 42.0 Å². The van der Waals surface area contributed by atoms with Crippen LogP contribution >= 0.6 is 0 Å². The van der Waals surface area contributed by atoms with Crippen molar-refractivity contribution in [2.45, 2.75) is 47.5 Å². The van der Waals surface area contributed by atoms with E-state index in [4.69, 9.17) is 9.47 Å². The predicted molar refractivity (Wildman–Crippen MR) is 112 cm³/mol. The maximum Gasteiger partial charge on any atom is 0.312 e. The van der Waals surface area contributed by atoms with Crippen LogP contribution in [0.4, 0.5) is 0 Å². The van der Waals surface area contributed by atoms with Gasteiger partial charge >= 0.3 is 11.9 Å². The minimum Gasteiger partial charge on any atom is -1.00 e. The van der Waals surface area contributed by atoms with E-state index in [-0.39, 0.29) is 51.8 Å². The lowest BCUT2D eigenvalue weighted by atomic mass is 9.65. The monoisotopic (exact) mass is 558 g/mol. The van der Waals surface area contributed by atoms with Gasteiger partial charge in [-0.2, -0.15) is 0 Å². The average molecular weight is 560 g/mol. The zero-order chi connectivity index (χ0) is 21.8. The lowest BCUT2D eigenvalue weighted by molar-refractivity contribution is -0.888. The molecular weight excluding hydrogens is 516 g/mol. The summed E-state index contributed by atoms with van der Waals surface area (Å²) in [5, 5.41) is 0. The van der Waals surface area contributed by atoms with Crippen molar-refractivity contribution < 1.29 is 62.0 Å². The Bertz CT molecular complexity index is 567. The Balaban J connectivity index is 0. The van der Waals surface area contributed by atoms with Crippen molar-refractivity contribution >= 4 is 11.9 Å². The van der Waals surface area contributed by atoms with Crippen molar-refractivity contribution in [2.24, 2.45) is 16.7 Å². The number of halogens is 2. The molecule has 30 heavy (non-hydrogen) atoms. The molecule has 1 saturated carbocycles. The summed E-state index contributed by atoms with van der Waals surface area (Å²) in [4.78, 5) is 25.7. The first-order chi connectivity index (χ1) is 12.7. The molecule has 0 radical (unpaired) electrons. The average Bonchev–Trinajstić information content (AvgIpc) is 2.85. The van der Waals surface area contributed by atoms with Gasteiger partial charge in [0, 0.05) is 0 Å². The maximum absolute atomic E-state index is 12.9. The van der Waals surface area contributed by atoms with Crippen LogP contribution in [-0.4, -0.2) is 88.5 Å². The van der Waals surface area contributed by atoms with Crippen LogP contribution in [0.1, 0.15) is 47.5 Å². The molecule has 0 saturated heterocycles. The molecule has 180 valence electrons. The van der Waals surface area contributed by atoms with Gasteiger partial charge in [0.05, 0.1) is 52.6 Å². The van der Waals surface area contributed by atoms with Crippen molar-refractivity contribution in [2.75, 3.05) is 67.6 Å². The molecular formula is C22H44Br2N2O4. The normalized spacial score (nSPS) is 23.2. The van der Waals surface area contributed by atoms with Crippen molar-refractivity contribution in [3.8, 4) is 0 Å². The molecule has 8 heteroatoms. The zero-order valence-corrected chi connectivity index (χ0v) is 23.7. The highest BCUT2D eigenvalue weighted by Crippen LogP contribution is 2.56. The summed E-state index contributed by atoms with van der Waals surface area (Å²) < 4.78 is 12.9. The largest absolute Gasteiger partial charge is 1.00 e. The fourth-order valence-corrected chi connectivity index (χ4v) is 3.63. The maximum atomic E-state index is 12.9. The lowest BCUT2D eigenvalue weighted by Gasteiger charge is -2.39. The number of likely N-dealkylation sites (N-methyl/N-ethyl adjacent to an activating group) is 2. The summed E-state index contributed by atoms with van der Waals surface area (Å²) in [7, 11) is 8.50. The van der Waals surface area contributed by atoms with E-state index in [0.717, 1.165) is 35.1 Å². The van der Waals surface area contributed by atoms with Crippen molar-refractivity contribution in [3.05, 3.63) is 0 Å². The Morgan fingerprint density at radius 2 is 1.30 bits per heavy atom. The highest BCUT2D eigenvalue weighted by molar-refractivity contribution is 5.82. The number of ether oxygens (including phenoxy) is 2. The van der Waals surface area contributed by atoms with Crippen LogP contribution in [-0.2, 0) is 19.1 Å². The lowest BCUT2D eigenvalue weighted by Crippen LogP contribution is -3.00. The molecule has 0 bridgehead atoms. The van der Waals surface area contributed by atoms with E-state index >= 15 is 0 Å². The second kappa shape index (κ2) is 12.2. The van der Waals surface area contributed by atoms with Gasteiger partial charge < -0.3 is 52.4 Å². The summed E-state index contributed by atoms with van der Waals surface area (Å²) in [6, 6.07) is 0. The molecule has 0 N–H and O–H groups in total. The first kappa shape index (κ1) is 32.0. The summed E-state index contributed by atoms with van der Waals surface area (Å²) in [5.41, 5.74) is -1.16. The number of esters is 2. The van der Waals surface area contributed by atoms with Crippen LogP contribution in [0.5, 0.6) is 0 Å². The van der Waals surface area contributed by atoms with E-state index in [1.54, 1.807) is 0 Å². The number of carbonyl (C=O) groups is 2. The Hall–Kier alpha value is -0.180. The van der Waals surface area contributed by atoms with Crippen LogP contribution in [0.25, 0.3) is 0 Å².